The standard InChI is InChI=1S/2C34H35NO6S/c2*1-25-17-19-29(20-18-25)42-34-31(35(36)37)33(40-23-28-15-9-4-10-16-28)32(39-22-27-13-7-3-8-14-27)30(41-34)24-38-21-26-11-5-2-6-12-26/h2*2-20,30-34H,21-24H2,1H3/t2*30-,31-,32+,33-,34+/m11/s1. The minimum absolute atomic E-state index is 0.189. The summed E-state index contributed by atoms with van der Waals surface area (Å²) in [6.07, 6.45) is -4.45. The zero-order chi connectivity index (χ0) is 58.3. The van der Waals surface area contributed by atoms with Crippen molar-refractivity contribution in [3.05, 3.63) is 295 Å². The molecule has 2 heterocycles. The molecule has 2 aliphatic rings. The smallest absolute Gasteiger partial charge is 0.276 e. The van der Waals surface area contributed by atoms with E-state index < -0.39 is 59.6 Å². The Morgan fingerprint density at radius 1 is 0.357 bits per heavy atom. The van der Waals surface area contributed by atoms with Crippen LogP contribution in [0.4, 0.5) is 0 Å². The Labute approximate surface area is 500 Å². The van der Waals surface area contributed by atoms with E-state index in [1.54, 1.807) is 0 Å². The van der Waals surface area contributed by atoms with Gasteiger partial charge in [0.2, 0.25) is 0 Å². The van der Waals surface area contributed by atoms with E-state index in [-0.39, 0.29) is 49.5 Å². The lowest BCUT2D eigenvalue weighted by atomic mass is 9.97. The van der Waals surface area contributed by atoms with Crippen LogP contribution in [-0.4, -0.2) is 82.6 Å². The van der Waals surface area contributed by atoms with Crippen molar-refractivity contribution in [2.24, 2.45) is 0 Å². The van der Waals surface area contributed by atoms with E-state index in [4.69, 9.17) is 37.9 Å². The molecule has 10 atom stereocenters. The first-order valence-electron chi connectivity index (χ1n) is 28.0. The highest BCUT2D eigenvalue weighted by Crippen LogP contribution is 2.40. The Balaban J connectivity index is 0.000000202. The van der Waals surface area contributed by atoms with Crippen molar-refractivity contribution < 1.29 is 47.7 Å². The van der Waals surface area contributed by atoms with Crippen LogP contribution in [0, 0.1) is 34.1 Å². The predicted octanol–water partition coefficient (Wildman–Crippen LogP) is 13.7. The second-order valence-electron chi connectivity index (χ2n) is 20.5. The fraction of sp³-hybridized carbons (Fsp3) is 0.294. The molecule has 0 N–H and O–H groups in total. The maximum Gasteiger partial charge on any atom is 0.276 e. The summed E-state index contributed by atoms with van der Waals surface area (Å²) in [6, 6.07) is 72.0. The lowest BCUT2D eigenvalue weighted by Gasteiger charge is -2.42. The minimum Gasteiger partial charge on any atom is -0.374 e. The first-order valence-corrected chi connectivity index (χ1v) is 29.8. The van der Waals surface area contributed by atoms with Gasteiger partial charge >= 0.3 is 0 Å². The number of nitro groups is 2. The molecule has 0 saturated carbocycles. The van der Waals surface area contributed by atoms with Crippen molar-refractivity contribution in [2.75, 3.05) is 13.2 Å². The van der Waals surface area contributed by atoms with Crippen LogP contribution < -0.4 is 0 Å². The molecule has 10 rings (SSSR count). The summed E-state index contributed by atoms with van der Waals surface area (Å²) >= 11 is 2.66. The van der Waals surface area contributed by atoms with Crippen LogP contribution in [0.2, 0.25) is 0 Å². The summed E-state index contributed by atoms with van der Waals surface area (Å²) < 4.78 is 51.0. The molecule has 0 aromatic heterocycles. The van der Waals surface area contributed by atoms with E-state index in [9.17, 15) is 20.2 Å². The molecule has 436 valence electrons. The van der Waals surface area contributed by atoms with Gasteiger partial charge in [0.25, 0.3) is 12.1 Å². The van der Waals surface area contributed by atoms with Gasteiger partial charge in [-0.2, -0.15) is 0 Å². The fourth-order valence-electron chi connectivity index (χ4n) is 9.78. The molecule has 0 bridgehead atoms. The van der Waals surface area contributed by atoms with Crippen molar-refractivity contribution in [1.29, 1.82) is 0 Å². The molecule has 0 spiro atoms. The zero-order valence-corrected chi connectivity index (χ0v) is 48.6. The third kappa shape index (κ3) is 18.5. The average Bonchev–Trinajstić information content (AvgIpc) is 2.00. The number of hydrogen-bond acceptors (Lipinski definition) is 14. The highest BCUT2D eigenvalue weighted by atomic mass is 32.2. The lowest BCUT2D eigenvalue weighted by Crippen LogP contribution is -2.62. The van der Waals surface area contributed by atoms with Gasteiger partial charge in [-0.05, 0) is 71.5 Å². The summed E-state index contributed by atoms with van der Waals surface area (Å²) in [6.45, 7) is 6.10. The van der Waals surface area contributed by atoms with Crippen molar-refractivity contribution in [1.82, 2.24) is 0 Å². The summed E-state index contributed by atoms with van der Waals surface area (Å²) in [5.74, 6) is 0. The lowest BCUT2D eigenvalue weighted by molar-refractivity contribution is -0.555. The van der Waals surface area contributed by atoms with E-state index in [1.807, 2.05) is 244 Å². The second kappa shape index (κ2) is 32.3. The first-order chi connectivity index (χ1) is 41.1. The van der Waals surface area contributed by atoms with Gasteiger partial charge in [-0.1, -0.05) is 241 Å². The number of thioether (sulfide) groups is 2. The molecule has 0 unspecified atom stereocenters. The topological polar surface area (TPSA) is 160 Å². The summed E-state index contributed by atoms with van der Waals surface area (Å²) in [4.78, 5) is 26.6. The summed E-state index contributed by atoms with van der Waals surface area (Å²) in [5, 5.41) is 25.4. The number of rotatable bonds is 26. The van der Waals surface area contributed by atoms with E-state index in [1.165, 1.54) is 23.5 Å². The van der Waals surface area contributed by atoms with Crippen LogP contribution in [-0.2, 0) is 77.5 Å². The highest BCUT2D eigenvalue weighted by molar-refractivity contribution is 8.00. The number of hydrogen-bond donors (Lipinski definition) is 0. The molecule has 8 aromatic rings. The Morgan fingerprint density at radius 3 is 0.869 bits per heavy atom. The molecule has 8 aromatic carbocycles. The van der Waals surface area contributed by atoms with E-state index in [0.717, 1.165) is 54.3 Å². The molecule has 2 fully saturated rings. The largest absolute Gasteiger partial charge is 0.374 e. The van der Waals surface area contributed by atoms with Gasteiger partial charge in [-0.25, -0.2) is 0 Å². The maximum atomic E-state index is 12.7. The maximum absolute atomic E-state index is 12.7. The Kier molecular flexibility index (Phi) is 23.6. The van der Waals surface area contributed by atoms with Gasteiger partial charge in [0.1, 0.15) is 24.4 Å². The number of ether oxygens (including phenoxy) is 8. The molecule has 0 amide bonds. The van der Waals surface area contributed by atoms with Crippen LogP contribution >= 0.6 is 23.5 Å². The van der Waals surface area contributed by atoms with Crippen LogP contribution in [0.15, 0.2) is 240 Å². The third-order valence-electron chi connectivity index (χ3n) is 14.2. The molecular formula is C68H70N2O12S2. The summed E-state index contributed by atoms with van der Waals surface area (Å²) in [7, 11) is 0. The number of benzene rings is 8. The van der Waals surface area contributed by atoms with Gasteiger partial charge in [-0.15, -0.1) is 0 Å². The molecule has 14 nitrogen and oxygen atoms in total. The quantitative estimate of drug-likeness (QED) is 0.0372. The van der Waals surface area contributed by atoms with Crippen LogP contribution in [0.3, 0.4) is 0 Å². The van der Waals surface area contributed by atoms with Gasteiger partial charge < -0.3 is 37.9 Å². The average molecular weight is 1170 g/mol. The van der Waals surface area contributed by atoms with E-state index in [0.29, 0.717) is 13.2 Å². The van der Waals surface area contributed by atoms with Crippen molar-refractivity contribution in [3.8, 4) is 0 Å². The first kappa shape index (κ1) is 61.5. The van der Waals surface area contributed by atoms with Crippen molar-refractivity contribution in [3.63, 3.8) is 0 Å². The van der Waals surface area contributed by atoms with Crippen LogP contribution in [0.25, 0.3) is 0 Å². The van der Waals surface area contributed by atoms with E-state index >= 15 is 0 Å². The fourth-order valence-corrected chi connectivity index (χ4v) is 12.1. The molecule has 0 radical (unpaired) electrons. The number of aryl methyl sites for hydroxylation is 2. The van der Waals surface area contributed by atoms with Gasteiger partial charge in [0.05, 0.1) is 52.9 Å². The normalized spacial score (nSPS) is 22.1. The van der Waals surface area contributed by atoms with Crippen LogP contribution in [0.5, 0.6) is 0 Å². The molecule has 2 aliphatic heterocycles. The molecular weight excluding hydrogens is 1100 g/mol. The molecule has 84 heavy (non-hydrogen) atoms. The summed E-state index contributed by atoms with van der Waals surface area (Å²) in [5.41, 5.74) is 6.41. The van der Waals surface area contributed by atoms with Crippen molar-refractivity contribution in [2.45, 2.75) is 123 Å². The predicted molar refractivity (Wildman–Crippen MR) is 325 cm³/mol. The number of nitrogens with zero attached hydrogens (tertiary/aromatic N) is 2. The van der Waals surface area contributed by atoms with Gasteiger partial charge in [-0.3, -0.25) is 20.2 Å². The van der Waals surface area contributed by atoms with Crippen LogP contribution in [0.1, 0.15) is 44.5 Å². The molecule has 16 heteroatoms. The second-order valence-corrected chi connectivity index (χ2v) is 22.9. The molecule has 0 aliphatic carbocycles. The van der Waals surface area contributed by atoms with Crippen molar-refractivity contribution >= 4 is 23.5 Å². The Bertz CT molecular complexity index is 2960. The van der Waals surface area contributed by atoms with Gasteiger partial charge in [0.15, 0.2) is 23.1 Å². The Morgan fingerprint density at radius 2 is 0.607 bits per heavy atom. The zero-order valence-electron chi connectivity index (χ0n) is 47.0. The molecule has 2 saturated heterocycles. The highest BCUT2D eigenvalue weighted by Gasteiger charge is 2.56. The minimum atomic E-state index is -1.17. The Hall–Kier alpha value is -7.06. The van der Waals surface area contributed by atoms with Gasteiger partial charge in [0, 0.05) is 19.6 Å². The monoisotopic (exact) mass is 1170 g/mol. The SMILES string of the molecule is Cc1ccc(S[C@@H]2O[C@H](COCc3ccccc3)[C@H](OCc3ccccc3)[C@H](OCc3ccccc3)[C@H]2[N+](=O)[O-])cc1.Cc1ccc(S[C@@H]2O[C@H](COCc3ccccc3)[C@H](OCc3ccccc3)[C@H](OCc3ccccc3)[C@H]2[N+](=O)[O-])cc1. The third-order valence-corrected chi connectivity index (χ3v) is 16.5. The van der Waals surface area contributed by atoms with E-state index in [2.05, 4.69) is 0 Å².